The van der Waals surface area contributed by atoms with Crippen molar-refractivity contribution in [2.24, 2.45) is 0 Å². The topological polar surface area (TPSA) is 60.7 Å². The number of benzene rings is 2. The lowest BCUT2D eigenvalue weighted by molar-refractivity contribution is 0.112. The third kappa shape index (κ3) is 3.04. The van der Waals surface area contributed by atoms with Crippen molar-refractivity contribution in [2.75, 3.05) is 0 Å². The average Bonchev–Trinajstić information content (AvgIpc) is 3.05. The van der Waals surface area contributed by atoms with Gasteiger partial charge in [0, 0.05) is 11.1 Å². The van der Waals surface area contributed by atoms with Crippen molar-refractivity contribution in [1.29, 1.82) is 0 Å². The maximum absolute atomic E-state index is 11.1. The van der Waals surface area contributed by atoms with Gasteiger partial charge in [0.15, 0.2) is 0 Å². The molecule has 23 heavy (non-hydrogen) atoms. The fraction of sp³-hybridized carbons (Fsp3) is 0.222. The second-order valence-electron chi connectivity index (χ2n) is 6.36. The Labute approximate surface area is 135 Å². The van der Waals surface area contributed by atoms with E-state index in [0.717, 1.165) is 23.0 Å². The maximum Gasteiger partial charge on any atom is 0.205 e. The van der Waals surface area contributed by atoms with Gasteiger partial charge in [-0.25, -0.2) is 0 Å². The van der Waals surface area contributed by atoms with Crippen LogP contribution < -0.4 is 0 Å². The quantitative estimate of drug-likeness (QED) is 0.694. The van der Waals surface area contributed by atoms with Crippen molar-refractivity contribution in [3.63, 3.8) is 0 Å². The summed E-state index contributed by atoms with van der Waals surface area (Å²) in [5.41, 5.74) is 3.17. The molecule has 0 atom stereocenters. The first-order valence-corrected chi connectivity index (χ1v) is 7.44. The summed E-state index contributed by atoms with van der Waals surface area (Å²) in [6, 6.07) is 15.5. The Bertz CT molecular complexity index is 832. The van der Waals surface area contributed by atoms with Crippen molar-refractivity contribution in [2.45, 2.75) is 26.3 Å². The number of aldehydes is 1. The Morgan fingerprint density at radius 2 is 1.74 bits per heavy atom. The summed E-state index contributed by atoms with van der Waals surface area (Å²) in [4.78, 5) is 12.7. The number of aromatic nitrogens is 4. The highest BCUT2D eigenvalue weighted by Gasteiger charge is 2.19. The molecule has 0 amide bonds. The number of hydrogen-bond donors (Lipinski definition) is 0. The van der Waals surface area contributed by atoms with Gasteiger partial charge in [0.05, 0.1) is 5.54 Å². The lowest BCUT2D eigenvalue weighted by Gasteiger charge is -2.15. The third-order valence-corrected chi connectivity index (χ3v) is 3.52. The van der Waals surface area contributed by atoms with Gasteiger partial charge in [-0.05, 0) is 43.2 Å². The van der Waals surface area contributed by atoms with E-state index < -0.39 is 0 Å². The van der Waals surface area contributed by atoms with Crippen LogP contribution in [0.3, 0.4) is 0 Å². The molecular formula is C18H18N4O. The second-order valence-corrected chi connectivity index (χ2v) is 6.36. The molecule has 2 aromatic carbocycles. The second kappa shape index (κ2) is 5.76. The molecule has 5 nitrogen and oxygen atoms in total. The van der Waals surface area contributed by atoms with E-state index in [4.69, 9.17) is 0 Å². The molecule has 0 spiro atoms. The van der Waals surface area contributed by atoms with Crippen LogP contribution in [0.4, 0.5) is 0 Å². The van der Waals surface area contributed by atoms with E-state index in [1.54, 1.807) is 16.9 Å². The van der Waals surface area contributed by atoms with Gasteiger partial charge in [0.25, 0.3) is 0 Å². The molecule has 1 heterocycles. The van der Waals surface area contributed by atoms with Gasteiger partial charge in [-0.3, -0.25) is 4.79 Å². The Hall–Kier alpha value is -2.82. The van der Waals surface area contributed by atoms with E-state index in [2.05, 4.69) is 15.4 Å². The van der Waals surface area contributed by atoms with Crippen LogP contribution in [0.15, 0.2) is 48.5 Å². The molecule has 0 aliphatic rings. The molecule has 0 radical (unpaired) electrons. The van der Waals surface area contributed by atoms with E-state index in [1.807, 2.05) is 57.2 Å². The first-order chi connectivity index (χ1) is 11.0. The summed E-state index contributed by atoms with van der Waals surface area (Å²) in [6.45, 7) is 6.04. The molecular weight excluding hydrogens is 288 g/mol. The normalized spacial score (nSPS) is 11.4. The van der Waals surface area contributed by atoms with Crippen LogP contribution in [0.2, 0.25) is 0 Å². The van der Waals surface area contributed by atoms with E-state index >= 15 is 0 Å². The SMILES string of the molecule is CC(C)(C)n1nnc(-c2cc(C=O)ccc2-c2ccccc2)n1. The summed E-state index contributed by atoms with van der Waals surface area (Å²) in [5, 5.41) is 12.8. The molecule has 0 fully saturated rings. The van der Waals surface area contributed by atoms with Crippen molar-refractivity contribution >= 4 is 6.29 Å². The van der Waals surface area contributed by atoms with Crippen LogP contribution in [0, 0.1) is 0 Å². The summed E-state index contributed by atoms with van der Waals surface area (Å²) >= 11 is 0. The van der Waals surface area contributed by atoms with Crippen molar-refractivity contribution in [3.05, 3.63) is 54.1 Å². The molecule has 0 N–H and O–H groups in total. The van der Waals surface area contributed by atoms with Gasteiger partial charge in [-0.2, -0.15) is 4.80 Å². The Balaban J connectivity index is 2.17. The first-order valence-electron chi connectivity index (χ1n) is 7.44. The molecule has 0 aliphatic heterocycles. The fourth-order valence-electron chi connectivity index (χ4n) is 2.30. The minimum absolute atomic E-state index is 0.250. The Morgan fingerprint density at radius 3 is 2.35 bits per heavy atom. The van der Waals surface area contributed by atoms with E-state index in [-0.39, 0.29) is 5.54 Å². The number of hydrogen-bond acceptors (Lipinski definition) is 4. The van der Waals surface area contributed by atoms with E-state index in [1.165, 1.54) is 0 Å². The smallest absolute Gasteiger partial charge is 0.205 e. The van der Waals surface area contributed by atoms with Gasteiger partial charge in [0.1, 0.15) is 6.29 Å². The van der Waals surface area contributed by atoms with Crippen LogP contribution in [0.25, 0.3) is 22.5 Å². The van der Waals surface area contributed by atoms with Crippen LogP contribution in [0.5, 0.6) is 0 Å². The number of carbonyl (C=O) groups excluding carboxylic acids is 1. The summed E-state index contributed by atoms with van der Waals surface area (Å²) < 4.78 is 0. The van der Waals surface area contributed by atoms with Crippen LogP contribution in [-0.2, 0) is 5.54 Å². The molecule has 1 aromatic heterocycles. The predicted octanol–water partition coefficient (Wildman–Crippen LogP) is 3.57. The van der Waals surface area contributed by atoms with Crippen molar-refractivity contribution in [3.8, 4) is 22.5 Å². The highest BCUT2D eigenvalue weighted by Crippen LogP contribution is 2.30. The van der Waals surface area contributed by atoms with Gasteiger partial charge in [-0.1, -0.05) is 42.5 Å². The van der Waals surface area contributed by atoms with E-state index in [0.29, 0.717) is 11.4 Å². The lowest BCUT2D eigenvalue weighted by Crippen LogP contribution is -2.24. The number of carbonyl (C=O) groups is 1. The molecule has 116 valence electrons. The number of tetrazole rings is 1. The minimum Gasteiger partial charge on any atom is -0.298 e. The third-order valence-electron chi connectivity index (χ3n) is 3.52. The number of rotatable bonds is 3. The average molecular weight is 306 g/mol. The standard InChI is InChI=1S/C18H18N4O/c1-18(2,3)22-20-17(19-21-22)16-11-13(12-23)9-10-15(16)14-7-5-4-6-8-14/h4-12H,1-3H3. The van der Waals surface area contributed by atoms with Crippen molar-refractivity contribution < 1.29 is 4.79 Å². The fourth-order valence-corrected chi connectivity index (χ4v) is 2.30. The molecule has 0 saturated carbocycles. The highest BCUT2D eigenvalue weighted by atomic mass is 16.1. The lowest BCUT2D eigenvalue weighted by atomic mass is 9.97. The van der Waals surface area contributed by atoms with Gasteiger partial charge in [0.2, 0.25) is 5.82 Å². The Kier molecular flexibility index (Phi) is 3.78. The maximum atomic E-state index is 11.1. The van der Waals surface area contributed by atoms with Crippen LogP contribution in [0.1, 0.15) is 31.1 Å². The molecule has 0 unspecified atom stereocenters. The molecule has 3 rings (SSSR count). The summed E-state index contributed by atoms with van der Waals surface area (Å²) in [6.07, 6.45) is 0.826. The van der Waals surface area contributed by atoms with Gasteiger partial charge < -0.3 is 0 Å². The molecule has 0 saturated heterocycles. The van der Waals surface area contributed by atoms with Crippen LogP contribution in [-0.4, -0.2) is 26.5 Å². The summed E-state index contributed by atoms with van der Waals surface area (Å²) in [5.74, 6) is 0.516. The van der Waals surface area contributed by atoms with Crippen LogP contribution >= 0.6 is 0 Å². The zero-order chi connectivity index (χ0) is 16.4. The zero-order valence-corrected chi connectivity index (χ0v) is 13.4. The van der Waals surface area contributed by atoms with Gasteiger partial charge in [-0.15, -0.1) is 10.2 Å². The molecule has 3 aromatic rings. The summed E-state index contributed by atoms with van der Waals surface area (Å²) in [7, 11) is 0. The molecule has 0 bridgehead atoms. The molecule has 5 heteroatoms. The Morgan fingerprint density at radius 1 is 1.00 bits per heavy atom. The number of nitrogens with zero attached hydrogens (tertiary/aromatic N) is 4. The first kappa shape index (κ1) is 15.1. The molecule has 0 aliphatic carbocycles. The largest absolute Gasteiger partial charge is 0.298 e. The van der Waals surface area contributed by atoms with Gasteiger partial charge >= 0.3 is 0 Å². The zero-order valence-electron chi connectivity index (χ0n) is 13.4. The van der Waals surface area contributed by atoms with E-state index in [9.17, 15) is 4.79 Å². The monoisotopic (exact) mass is 306 g/mol. The van der Waals surface area contributed by atoms with Crippen molar-refractivity contribution in [1.82, 2.24) is 20.2 Å². The minimum atomic E-state index is -0.250. The highest BCUT2D eigenvalue weighted by molar-refractivity contribution is 5.86. The predicted molar refractivity (Wildman–Crippen MR) is 89.1 cm³/mol.